The van der Waals surface area contributed by atoms with Gasteiger partial charge in [0.1, 0.15) is 5.82 Å². The molecule has 0 fully saturated rings. The van der Waals surface area contributed by atoms with Crippen LogP contribution in [0.5, 0.6) is 0 Å². The maximum Gasteiger partial charge on any atom is 0.416 e. The van der Waals surface area contributed by atoms with Crippen molar-refractivity contribution in [2.45, 2.75) is 26.9 Å². The minimum absolute atomic E-state index is 0.300. The van der Waals surface area contributed by atoms with Gasteiger partial charge >= 0.3 is 6.18 Å². The largest absolute Gasteiger partial charge is 0.416 e. The molecular weight excluding hydrogens is 232 g/mol. The Hall–Kier alpha value is -0.770. The van der Waals surface area contributed by atoms with Crippen LogP contribution < -0.4 is 0 Å². The van der Waals surface area contributed by atoms with Crippen molar-refractivity contribution in [1.82, 2.24) is 0 Å². The van der Waals surface area contributed by atoms with Gasteiger partial charge in [-0.3, -0.25) is 0 Å². The highest BCUT2D eigenvalue weighted by Crippen LogP contribution is 2.34. The van der Waals surface area contributed by atoms with E-state index in [2.05, 4.69) is 0 Å². The van der Waals surface area contributed by atoms with E-state index in [0.717, 1.165) is 19.1 Å². The Labute approximate surface area is 90.9 Å². The Morgan fingerprint density at radius 2 is 1.60 bits per heavy atom. The highest BCUT2D eigenvalue weighted by atomic mass is 35.5. The lowest BCUT2D eigenvalue weighted by atomic mass is 10.1. The Bertz CT molecular complexity index is 331. The fourth-order valence-corrected chi connectivity index (χ4v) is 1.16. The Morgan fingerprint density at radius 3 is 2.00 bits per heavy atom. The number of halogens is 5. The molecule has 0 N–H and O–H groups in total. The Balaban J connectivity index is 0.000000921. The van der Waals surface area contributed by atoms with Crippen molar-refractivity contribution >= 4 is 11.6 Å². The lowest BCUT2D eigenvalue weighted by Gasteiger charge is -2.10. The van der Waals surface area contributed by atoms with Crippen LogP contribution in [0.15, 0.2) is 12.1 Å². The van der Waals surface area contributed by atoms with Gasteiger partial charge in [0.25, 0.3) is 0 Å². The van der Waals surface area contributed by atoms with Crippen LogP contribution >= 0.6 is 11.6 Å². The van der Waals surface area contributed by atoms with Crippen molar-refractivity contribution in [2.24, 2.45) is 0 Å². The first kappa shape index (κ1) is 14.2. The van der Waals surface area contributed by atoms with Crippen molar-refractivity contribution < 1.29 is 17.6 Å². The molecule has 0 radical (unpaired) electrons. The van der Waals surface area contributed by atoms with Gasteiger partial charge in [-0.1, -0.05) is 25.4 Å². The van der Waals surface area contributed by atoms with E-state index in [9.17, 15) is 17.6 Å². The molecule has 0 saturated carbocycles. The van der Waals surface area contributed by atoms with E-state index in [-0.39, 0.29) is 5.02 Å². The predicted octanol–water partition coefficient (Wildman–Crippen LogP) is 4.83. The molecule has 15 heavy (non-hydrogen) atoms. The molecule has 1 aromatic carbocycles. The highest BCUT2D eigenvalue weighted by molar-refractivity contribution is 6.30. The molecule has 0 atom stereocenters. The number of alkyl halides is 3. The summed E-state index contributed by atoms with van der Waals surface area (Å²) in [7, 11) is 0. The summed E-state index contributed by atoms with van der Waals surface area (Å²) in [5.74, 6) is -1.02. The minimum Gasteiger partial charge on any atom is -0.205 e. The molecular formula is C10H11ClF4. The summed E-state index contributed by atoms with van der Waals surface area (Å²) in [4.78, 5) is 0. The van der Waals surface area contributed by atoms with Crippen LogP contribution in [0.2, 0.25) is 5.02 Å². The lowest BCUT2D eigenvalue weighted by Crippen LogP contribution is -2.08. The van der Waals surface area contributed by atoms with Crippen molar-refractivity contribution in [1.29, 1.82) is 0 Å². The molecule has 0 bridgehead atoms. The summed E-state index contributed by atoms with van der Waals surface area (Å²) in [6.07, 6.45) is -4.53. The second-order valence-electron chi connectivity index (χ2n) is 2.53. The average Bonchev–Trinajstić information content (AvgIpc) is 2.15. The van der Waals surface area contributed by atoms with Crippen LogP contribution in [0.1, 0.15) is 25.0 Å². The van der Waals surface area contributed by atoms with Crippen LogP contribution in [0.25, 0.3) is 0 Å². The van der Waals surface area contributed by atoms with Gasteiger partial charge in [-0.05, 0) is 24.6 Å². The second kappa shape index (κ2) is 5.35. The number of benzene rings is 1. The fourth-order valence-electron chi connectivity index (χ4n) is 0.959. The molecule has 0 aliphatic rings. The molecule has 1 aromatic rings. The topological polar surface area (TPSA) is 0 Å². The zero-order valence-corrected chi connectivity index (χ0v) is 9.30. The molecule has 0 heterocycles. The average molecular weight is 243 g/mol. The molecule has 0 nitrogen and oxygen atoms in total. The van der Waals surface area contributed by atoms with Crippen molar-refractivity contribution in [3.63, 3.8) is 0 Å². The SMILES string of the molecule is CC.Cc1c(C(F)(F)F)ccc(Cl)c1F. The maximum atomic E-state index is 12.9. The van der Waals surface area contributed by atoms with Crippen molar-refractivity contribution in [2.75, 3.05) is 0 Å². The summed E-state index contributed by atoms with van der Waals surface area (Å²) in [5, 5.41) is -0.300. The Morgan fingerprint density at radius 1 is 1.13 bits per heavy atom. The molecule has 86 valence electrons. The first-order chi connectivity index (χ1) is 6.84. The van der Waals surface area contributed by atoms with Gasteiger partial charge in [-0.25, -0.2) is 4.39 Å². The van der Waals surface area contributed by atoms with Gasteiger partial charge in [-0.15, -0.1) is 0 Å². The number of hydrogen-bond acceptors (Lipinski definition) is 0. The molecule has 0 aromatic heterocycles. The molecule has 5 heteroatoms. The highest BCUT2D eigenvalue weighted by Gasteiger charge is 2.33. The summed E-state index contributed by atoms with van der Waals surface area (Å²) in [5.41, 5.74) is -1.46. The second-order valence-corrected chi connectivity index (χ2v) is 2.94. The third-order valence-electron chi connectivity index (χ3n) is 1.64. The zero-order chi connectivity index (χ0) is 12.2. The maximum absolute atomic E-state index is 12.9. The first-order valence-electron chi connectivity index (χ1n) is 4.36. The van der Waals surface area contributed by atoms with E-state index in [1.807, 2.05) is 13.8 Å². The summed E-state index contributed by atoms with van der Waals surface area (Å²) < 4.78 is 49.3. The number of rotatable bonds is 0. The van der Waals surface area contributed by atoms with Crippen LogP contribution in [-0.4, -0.2) is 0 Å². The number of hydrogen-bond donors (Lipinski definition) is 0. The molecule has 0 spiro atoms. The monoisotopic (exact) mass is 242 g/mol. The van der Waals surface area contributed by atoms with Crippen molar-refractivity contribution in [3.8, 4) is 0 Å². The van der Waals surface area contributed by atoms with Gasteiger partial charge < -0.3 is 0 Å². The van der Waals surface area contributed by atoms with Crippen LogP contribution in [0, 0.1) is 12.7 Å². The molecule has 0 unspecified atom stereocenters. The summed E-state index contributed by atoms with van der Waals surface area (Å²) in [6, 6.07) is 1.66. The van der Waals surface area contributed by atoms with Crippen LogP contribution in [0.3, 0.4) is 0 Å². The smallest absolute Gasteiger partial charge is 0.205 e. The third kappa shape index (κ3) is 3.38. The quantitative estimate of drug-likeness (QED) is 0.572. The molecule has 0 aliphatic carbocycles. The molecule has 0 aliphatic heterocycles. The van der Waals surface area contributed by atoms with E-state index < -0.39 is 23.1 Å². The summed E-state index contributed by atoms with van der Waals surface area (Å²) in [6.45, 7) is 5.05. The lowest BCUT2D eigenvalue weighted by molar-refractivity contribution is -0.138. The van der Waals surface area contributed by atoms with E-state index in [4.69, 9.17) is 11.6 Å². The van der Waals surface area contributed by atoms with Gasteiger partial charge in [0, 0.05) is 0 Å². The van der Waals surface area contributed by atoms with E-state index >= 15 is 0 Å². The van der Waals surface area contributed by atoms with E-state index in [1.54, 1.807) is 0 Å². The predicted molar refractivity (Wildman–Crippen MR) is 52.5 cm³/mol. The van der Waals surface area contributed by atoms with E-state index in [1.165, 1.54) is 0 Å². The van der Waals surface area contributed by atoms with Crippen molar-refractivity contribution in [3.05, 3.63) is 34.1 Å². The third-order valence-corrected chi connectivity index (χ3v) is 1.94. The standard InChI is InChI=1S/C8H5ClF4.C2H6/c1-4-5(8(11,12)13)2-3-6(9)7(4)10;1-2/h2-3H,1H3;1-2H3. The van der Waals surface area contributed by atoms with Crippen LogP contribution in [0.4, 0.5) is 17.6 Å². The first-order valence-corrected chi connectivity index (χ1v) is 4.73. The van der Waals surface area contributed by atoms with Gasteiger partial charge in [-0.2, -0.15) is 13.2 Å². The minimum atomic E-state index is -4.53. The molecule has 0 amide bonds. The van der Waals surface area contributed by atoms with Gasteiger partial charge in [0.15, 0.2) is 0 Å². The molecule has 0 saturated heterocycles. The molecule has 1 rings (SSSR count). The van der Waals surface area contributed by atoms with Crippen LogP contribution in [-0.2, 0) is 6.18 Å². The Kier molecular flexibility index (Phi) is 5.08. The summed E-state index contributed by atoms with van der Waals surface area (Å²) >= 11 is 5.29. The van der Waals surface area contributed by atoms with Gasteiger partial charge in [0.2, 0.25) is 0 Å². The van der Waals surface area contributed by atoms with E-state index in [0.29, 0.717) is 0 Å². The van der Waals surface area contributed by atoms with Gasteiger partial charge in [0.05, 0.1) is 10.6 Å². The normalized spacial score (nSPS) is 10.7. The zero-order valence-electron chi connectivity index (χ0n) is 8.54. The fraction of sp³-hybridized carbons (Fsp3) is 0.400.